The molecular formula is C11H21NO5. The molecule has 0 saturated carbocycles. The van der Waals surface area contributed by atoms with Gasteiger partial charge in [0.1, 0.15) is 11.7 Å². The third-order valence-corrected chi connectivity index (χ3v) is 2.36. The van der Waals surface area contributed by atoms with Crippen LogP contribution in [0.15, 0.2) is 0 Å². The van der Waals surface area contributed by atoms with E-state index in [2.05, 4.69) is 5.48 Å². The van der Waals surface area contributed by atoms with Crippen molar-refractivity contribution >= 4 is 6.09 Å². The third kappa shape index (κ3) is 5.34. The lowest BCUT2D eigenvalue weighted by Crippen LogP contribution is -2.39. The number of hydroxylamine groups is 1. The fourth-order valence-electron chi connectivity index (χ4n) is 1.55. The normalized spacial score (nSPS) is 22.2. The molecule has 1 rings (SSSR count). The fourth-order valence-corrected chi connectivity index (χ4v) is 1.55. The number of carbonyl (C=O) groups is 1. The predicted molar refractivity (Wildman–Crippen MR) is 60.3 cm³/mol. The summed E-state index contributed by atoms with van der Waals surface area (Å²) in [4.78, 5) is 16.5. The molecule has 0 aromatic heterocycles. The molecule has 2 N–H and O–H groups in total. The summed E-state index contributed by atoms with van der Waals surface area (Å²) in [5.41, 5.74) is 1.62. The van der Waals surface area contributed by atoms with Crippen LogP contribution < -0.4 is 5.48 Å². The zero-order chi connectivity index (χ0) is 12.9. The van der Waals surface area contributed by atoms with Crippen LogP contribution in [0, 0.1) is 5.92 Å². The molecule has 1 saturated heterocycles. The van der Waals surface area contributed by atoms with Gasteiger partial charge in [0.05, 0.1) is 13.2 Å². The number of carbonyl (C=O) groups excluding carboxylic acids is 1. The van der Waals surface area contributed by atoms with E-state index in [0.717, 1.165) is 6.42 Å². The highest BCUT2D eigenvalue weighted by Gasteiger charge is 2.27. The molecule has 0 spiro atoms. The molecule has 2 atom stereocenters. The van der Waals surface area contributed by atoms with Crippen molar-refractivity contribution in [2.24, 2.45) is 5.92 Å². The van der Waals surface area contributed by atoms with Crippen molar-refractivity contribution in [2.45, 2.75) is 38.9 Å². The first-order valence-corrected chi connectivity index (χ1v) is 5.75. The molecule has 17 heavy (non-hydrogen) atoms. The van der Waals surface area contributed by atoms with Gasteiger partial charge < -0.3 is 14.6 Å². The van der Waals surface area contributed by atoms with Crippen molar-refractivity contribution in [3.8, 4) is 0 Å². The van der Waals surface area contributed by atoms with Crippen molar-refractivity contribution in [3.05, 3.63) is 0 Å². The number of rotatable bonds is 4. The van der Waals surface area contributed by atoms with E-state index >= 15 is 0 Å². The van der Waals surface area contributed by atoms with Gasteiger partial charge in [0.15, 0.2) is 0 Å². The lowest BCUT2D eigenvalue weighted by atomic mass is 10.0. The topological polar surface area (TPSA) is 77.0 Å². The van der Waals surface area contributed by atoms with Crippen LogP contribution in [0.4, 0.5) is 4.79 Å². The second kappa shape index (κ2) is 6.18. The highest BCUT2D eigenvalue weighted by atomic mass is 16.7. The minimum Gasteiger partial charge on any atom is -0.442 e. The second-order valence-corrected chi connectivity index (χ2v) is 5.07. The van der Waals surface area contributed by atoms with Crippen LogP contribution >= 0.6 is 0 Å². The van der Waals surface area contributed by atoms with Gasteiger partial charge in [0.2, 0.25) is 0 Å². The summed E-state index contributed by atoms with van der Waals surface area (Å²) in [5, 5.41) is 9.16. The molecule has 0 aromatic carbocycles. The zero-order valence-corrected chi connectivity index (χ0v) is 10.6. The molecule has 6 nitrogen and oxygen atoms in total. The lowest BCUT2D eigenvalue weighted by Gasteiger charge is -2.23. The number of amides is 1. The van der Waals surface area contributed by atoms with E-state index in [1.165, 1.54) is 0 Å². The maximum absolute atomic E-state index is 11.3. The first-order valence-electron chi connectivity index (χ1n) is 5.75. The van der Waals surface area contributed by atoms with E-state index in [1.807, 2.05) is 0 Å². The van der Waals surface area contributed by atoms with Crippen molar-refractivity contribution < 1.29 is 24.2 Å². The lowest BCUT2D eigenvalue weighted by molar-refractivity contribution is -0.0823. The molecular weight excluding hydrogens is 226 g/mol. The van der Waals surface area contributed by atoms with Crippen LogP contribution in [0.5, 0.6) is 0 Å². The molecule has 0 aliphatic carbocycles. The summed E-state index contributed by atoms with van der Waals surface area (Å²) < 4.78 is 10.2. The van der Waals surface area contributed by atoms with Crippen molar-refractivity contribution in [2.75, 3.05) is 19.8 Å². The largest absolute Gasteiger partial charge is 0.442 e. The molecule has 0 radical (unpaired) electrons. The predicted octanol–water partition coefficient (Wildman–Crippen LogP) is 0.840. The maximum atomic E-state index is 11.3. The Morgan fingerprint density at radius 3 is 2.76 bits per heavy atom. The molecule has 0 aromatic rings. The number of hydrogen-bond acceptors (Lipinski definition) is 5. The van der Waals surface area contributed by atoms with Gasteiger partial charge in [-0.1, -0.05) is 0 Å². The average Bonchev–Trinajstić information content (AvgIpc) is 2.69. The monoisotopic (exact) mass is 247 g/mol. The Bertz CT molecular complexity index is 245. The molecule has 6 heteroatoms. The SMILES string of the molecule is CC(C)(C)OC(=O)NOC(CO)C1CCOC1. The van der Waals surface area contributed by atoms with Crippen molar-refractivity contribution in [1.82, 2.24) is 5.48 Å². The Balaban J connectivity index is 2.29. The first-order chi connectivity index (χ1) is 7.92. The standard InChI is InChI=1S/C11H21NO5/c1-11(2,3)16-10(14)12-17-9(6-13)8-4-5-15-7-8/h8-9,13H,4-7H2,1-3H3,(H,12,14). The van der Waals surface area contributed by atoms with Crippen LogP contribution in [0.25, 0.3) is 0 Å². The Hall–Kier alpha value is -0.850. The van der Waals surface area contributed by atoms with Crippen molar-refractivity contribution in [1.29, 1.82) is 0 Å². The van der Waals surface area contributed by atoms with E-state index in [-0.39, 0.29) is 12.5 Å². The van der Waals surface area contributed by atoms with Crippen LogP contribution in [0.1, 0.15) is 27.2 Å². The first kappa shape index (κ1) is 14.2. The number of nitrogens with one attached hydrogen (secondary N) is 1. The van der Waals surface area contributed by atoms with Gasteiger partial charge >= 0.3 is 6.09 Å². The number of hydrogen-bond donors (Lipinski definition) is 2. The molecule has 1 fully saturated rings. The zero-order valence-electron chi connectivity index (χ0n) is 10.6. The summed E-state index contributed by atoms with van der Waals surface area (Å²) in [6, 6.07) is 0. The Morgan fingerprint density at radius 1 is 1.59 bits per heavy atom. The Kier molecular flexibility index (Phi) is 5.17. The minimum atomic E-state index is -0.658. The molecule has 2 unspecified atom stereocenters. The van der Waals surface area contributed by atoms with Crippen LogP contribution in [-0.2, 0) is 14.3 Å². The summed E-state index contributed by atoms with van der Waals surface area (Å²) in [6.45, 7) is 6.34. The van der Waals surface area contributed by atoms with Gasteiger partial charge in [-0.15, -0.1) is 0 Å². The van der Waals surface area contributed by atoms with E-state index in [1.54, 1.807) is 20.8 Å². The summed E-state index contributed by atoms with van der Waals surface area (Å²) in [5.74, 6) is 0.106. The molecule has 1 aliphatic heterocycles. The number of ether oxygens (including phenoxy) is 2. The second-order valence-electron chi connectivity index (χ2n) is 5.07. The van der Waals surface area contributed by atoms with Gasteiger partial charge in [-0.25, -0.2) is 4.79 Å². The molecule has 1 amide bonds. The smallest absolute Gasteiger partial charge is 0.431 e. The van der Waals surface area contributed by atoms with Crippen LogP contribution in [0.3, 0.4) is 0 Å². The minimum absolute atomic E-state index is 0.106. The van der Waals surface area contributed by atoms with Crippen molar-refractivity contribution in [3.63, 3.8) is 0 Å². The highest BCUT2D eigenvalue weighted by Crippen LogP contribution is 2.18. The molecule has 100 valence electrons. The Morgan fingerprint density at radius 2 is 2.29 bits per heavy atom. The molecule has 0 bridgehead atoms. The van der Waals surface area contributed by atoms with Gasteiger partial charge in [-0.2, -0.15) is 5.48 Å². The maximum Gasteiger partial charge on any atom is 0.431 e. The van der Waals surface area contributed by atoms with E-state index < -0.39 is 17.8 Å². The van der Waals surface area contributed by atoms with Crippen LogP contribution in [0.2, 0.25) is 0 Å². The third-order valence-electron chi connectivity index (χ3n) is 2.36. The van der Waals surface area contributed by atoms with E-state index in [9.17, 15) is 4.79 Å². The highest BCUT2D eigenvalue weighted by molar-refractivity contribution is 5.66. The molecule has 1 aliphatic rings. The van der Waals surface area contributed by atoms with Gasteiger partial charge in [-0.3, -0.25) is 4.84 Å². The summed E-state index contributed by atoms with van der Waals surface area (Å²) in [7, 11) is 0. The van der Waals surface area contributed by atoms with Gasteiger partial charge in [0, 0.05) is 12.5 Å². The van der Waals surface area contributed by atoms with E-state index in [4.69, 9.17) is 19.4 Å². The average molecular weight is 247 g/mol. The fraction of sp³-hybridized carbons (Fsp3) is 0.909. The number of aliphatic hydroxyl groups is 1. The quantitative estimate of drug-likeness (QED) is 0.720. The van der Waals surface area contributed by atoms with Gasteiger partial charge in [0.25, 0.3) is 0 Å². The Labute approximate surface area is 101 Å². The van der Waals surface area contributed by atoms with Gasteiger partial charge in [-0.05, 0) is 27.2 Å². The molecule has 1 heterocycles. The summed E-state index contributed by atoms with van der Waals surface area (Å²) >= 11 is 0. The number of aliphatic hydroxyl groups excluding tert-OH is 1. The van der Waals surface area contributed by atoms with E-state index in [0.29, 0.717) is 13.2 Å². The summed E-state index contributed by atoms with van der Waals surface area (Å²) in [6.07, 6.45) is -0.291. The van der Waals surface area contributed by atoms with Crippen LogP contribution in [-0.4, -0.2) is 42.7 Å².